The minimum absolute atomic E-state index is 0.0415. The van der Waals surface area contributed by atoms with E-state index in [4.69, 9.17) is 16.3 Å². The summed E-state index contributed by atoms with van der Waals surface area (Å²) in [6, 6.07) is 12.4. The Morgan fingerprint density at radius 2 is 1.77 bits per heavy atom. The lowest BCUT2D eigenvalue weighted by molar-refractivity contribution is 0.00696. The van der Waals surface area contributed by atoms with Crippen LogP contribution in [0.1, 0.15) is 36.7 Å². The molecule has 0 aliphatic rings. The molecule has 4 heteroatoms. The van der Waals surface area contributed by atoms with Crippen LogP contribution in [0.3, 0.4) is 0 Å². The molecule has 0 aliphatic heterocycles. The van der Waals surface area contributed by atoms with Crippen LogP contribution in [0.5, 0.6) is 0 Å². The number of aliphatic hydroxyl groups excluding tert-OH is 1. The Labute approximate surface area is 135 Å². The Kier molecular flexibility index (Phi) is 4.89. The first-order valence-corrected chi connectivity index (χ1v) is 7.41. The number of rotatable bonds is 3. The molecule has 0 radical (unpaired) electrons. The van der Waals surface area contributed by atoms with E-state index in [2.05, 4.69) is 0 Å². The van der Waals surface area contributed by atoms with Crippen molar-refractivity contribution < 1.29 is 14.6 Å². The van der Waals surface area contributed by atoms with E-state index in [1.165, 1.54) is 0 Å². The van der Waals surface area contributed by atoms with E-state index < -0.39 is 5.60 Å². The number of carbonyl (C=O) groups is 1. The number of hydrogen-bond acceptors (Lipinski definition) is 3. The first-order valence-electron chi connectivity index (χ1n) is 7.03. The molecule has 0 bridgehead atoms. The first-order chi connectivity index (χ1) is 10.3. The monoisotopic (exact) mass is 318 g/mol. The molecule has 0 heterocycles. The second kappa shape index (κ2) is 6.51. The van der Waals surface area contributed by atoms with Gasteiger partial charge in [-0.25, -0.2) is 4.79 Å². The van der Waals surface area contributed by atoms with Crippen molar-refractivity contribution in [2.75, 3.05) is 0 Å². The first kappa shape index (κ1) is 16.5. The quantitative estimate of drug-likeness (QED) is 0.850. The van der Waals surface area contributed by atoms with Crippen molar-refractivity contribution >= 4 is 17.6 Å². The molecule has 0 aliphatic carbocycles. The molecule has 0 atom stereocenters. The van der Waals surface area contributed by atoms with E-state index in [1.807, 2.05) is 39.0 Å². The highest BCUT2D eigenvalue weighted by atomic mass is 35.5. The molecule has 116 valence electrons. The fourth-order valence-electron chi connectivity index (χ4n) is 2.01. The highest BCUT2D eigenvalue weighted by Crippen LogP contribution is 2.29. The fraction of sp³-hybridized carbons (Fsp3) is 0.278. The maximum absolute atomic E-state index is 12.0. The van der Waals surface area contributed by atoms with Crippen LogP contribution in [0.25, 0.3) is 11.1 Å². The van der Waals surface area contributed by atoms with Crippen molar-refractivity contribution in [2.24, 2.45) is 0 Å². The van der Waals surface area contributed by atoms with Gasteiger partial charge >= 0.3 is 5.97 Å². The average Bonchev–Trinajstić information content (AvgIpc) is 2.46. The zero-order chi connectivity index (χ0) is 16.3. The predicted molar refractivity (Wildman–Crippen MR) is 88.0 cm³/mol. The van der Waals surface area contributed by atoms with Gasteiger partial charge in [0.25, 0.3) is 0 Å². The third-order valence-corrected chi connectivity index (χ3v) is 3.37. The molecule has 0 aromatic heterocycles. The summed E-state index contributed by atoms with van der Waals surface area (Å²) in [6.07, 6.45) is 0. The number of halogens is 1. The second-order valence-electron chi connectivity index (χ2n) is 6.05. The number of hydrogen-bond donors (Lipinski definition) is 1. The van der Waals surface area contributed by atoms with E-state index in [0.29, 0.717) is 10.6 Å². The fourth-order valence-corrected chi connectivity index (χ4v) is 2.24. The highest BCUT2D eigenvalue weighted by Gasteiger charge is 2.17. The summed E-state index contributed by atoms with van der Waals surface area (Å²) in [7, 11) is 0. The minimum atomic E-state index is -0.519. The van der Waals surface area contributed by atoms with Crippen LogP contribution in [-0.2, 0) is 11.3 Å². The maximum Gasteiger partial charge on any atom is 0.338 e. The van der Waals surface area contributed by atoms with Crippen LogP contribution in [0.15, 0.2) is 42.5 Å². The molecule has 3 nitrogen and oxygen atoms in total. The van der Waals surface area contributed by atoms with Gasteiger partial charge in [-0.3, -0.25) is 0 Å². The lowest BCUT2D eigenvalue weighted by atomic mass is 10.0. The van der Waals surface area contributed by atoms with Crippen LogP contribution in [-0.4, -0.2) is 16.7 Å². The SMILES string of the molecule is CC(C)(C)OC(=O)c1ccc(-c2cc(CO)ccc2Cl)cc1. The molecule has 0 unspecified atom stereocenters. The summed E-state index contributed by atoms with van der Waals surface area (Å²) in [5.74, 6) is -0.353. The Hall–Kier alpha value is -1.84. The van der Waals surface area contributed by atoms with Gasteiger partial charge < -0.3 is 9.84 Å². The van der Waals surface area contributed by atoms with Gasteiger partial charge in [0, 0.05) is 10.6 Å². The molecule has 0 amide bonds. The van der Waals surface area contributed by atoms with Gasteiger partial charge in [0.2, 0.25) is 0 Å². The van der Waals surface area contributed by atoms with Crippen LogP contribution in [0.2, 0.25) is 5.02 Å². The molecule has 22 heavy (non-hydrogen) atoms. The van der Waals surface area contributed by atoms with Gasteiger partial charge in [0.1, 0.15) is 5.60 Å². The van der Waals surface area contributed by atoms with Crippen LogP contribution < -0.4 is 0 Å². The predicted octanol–water partition coefficient (Wildman–Crippen LogP) is 4.45. The van der Waals surface area contributed by atoms with E-state index >= 15 is 0 Å². The van der Waals surface area contributed by atoms with Gasteiger partial charge in [-0.15, -0.1) is 0 Å². The molecule has 0 fully saturated rings. The van der Waals surface area contributed by atoms with Crippen molar-refractivity contribution in [1.82, 2.24) is 0 Å². The normalized spacial score (nSPS) is 11.3. The van der Waals surface area contributed by atoms with Crippen molar-refractivity contribution in [3.8, 4) is 11.1 Å². The summed E-state index contributed by atoms with van der Waals surface area (Å²) < 4.78 is 5.33. The zero-order valence-corrected chi connectivity index (χ0v) is 13.6. The van der Waals surface area contributed by atoms with Crippen LogP contribution in [0.4, 0.5) is 0 Å². The van der Waals surface area contributed by atoms with Gasteiger partial charge in [-0.2, -0.15) is 0 Å². The standard InChI is InChI=1S/C18H19ClO3/c1-18(2,3)22-17(21)14-7-5-13(6-8-14)15-10-12(11-20)4-9-16(15)19/h4-10,20H,11H2,1-3H3. The van der Waals surface area contributed by atoms with Crippen LogP contribution in [0, 0.1) is 0 Å². The number of aliphatic hydroxyl groups is 1. The van der Waals surface area contributed by atoms with Crippen LogP contribution >= 0.6 is 11.6 Å². The minimum Gasteiger partial charge on any atom is -0.456 e. The zero-order valence-electron chi connectivity index (χ0n) is 12.9. The smallest absolute Gasteiger partial charge is 0.338 e. The molecule has 2 rings (SSSR count). The lowest BCUT2D eigenvalue weighted by Gasteiger charge is -2.19. The van der Waals surface area contributed by atoms with Gasteiger partial charge in [0.05, 0.1) is 12.2 Å². The van der Waals surface area contributed by atoms with Crippen molar-refractivity contribution in [3.05, 3.63) is 58.6 Å². The molecular formula is C18H19ClO3. The lowest BCUT2D eigenvalue weighted by Crippen LogP contribution is -2.23. The van der Waals surface area contributed by atoms with Gasteiger partial charge in [0.15, 0.2) is 0 Å². The van der Waals surface area contributed by atoms with Gasteiger partial charge in [-0.1, -0.05) is 29.8 Å². The van der Waals surface area contributed by atoms with E-state index in [1.54, 1.807) is 24.3 Å². The molecule has 2 aromatic rings. The van der Waals surface area contributed by atoms with E-state index in [0.717, 1.165) is 16.7 Å². The Morgan fingerprint density at radius 1 is 1.14 bits per heavy atom. The van der Waals surface area contributed by atoms with Crippen molar-refractivity contribution in [3.63, 3.8) is 0 Å². The second-order valence-corrected chi connectivity index (χ2v) is 6.46. The number of benzene rings is 2. The highest BCUT2D eigenvalue weighted by molar-refractivity contribution is 6.33. The summed E-state index contributed by atoms with van der Waals surface area (Å²) in [6.45, 7) is 5.46. The summed E-state index contributed by atoms with van der Waals surface area (Å²) in [4.78, 5) is 12.0. The summed E-state index contributed by atoms with van der Waals surface area (Å²) in [5, 5.41) is 9.82. The maximum atomic E-state index is 12.0. The number of carbonyl (C=O) groups excluding carboxylic acids is 1. The summed E-state index contributed by atoms with van der Waals surface area (Å²) >= 11 is 6.20. The van der Waals surface area contributed by atoms with Gasteiger partial charge in [-0.05, 0) is 56.2 Å². The molecule has 0 spiro atoms. The molecule has 1 N–H and O–H groups in total. The number of ether oxygens (including phenoxy) is 1. The van der Waals surface area contributed by atoms with E-state index in [-0.39, 0.29) is 12.6 Å². The topological polar surface area (TPSA) is 46.5 Å². The van der Waals surface area contributed by atoms with E-state index in [9.17, 15) is 9.90 Å². The summed E-state index contributed by atoms with van der Waals surface area (Å²) in [5.41, 5.74) is 2.47. The molecule has 0 saturated heterocycles. The number of esters is 1. The Bertz CT molecular complexity index is 670. The third-order valence-electron chi connectivity index (χ3n) is 3.04. The third kappa shape index (κ3) is 4.09. The molecule has 2 aromatic carbocycles. The largest absolute Gasteiger partial charge is 0.456 e. The van der Waals surface area contributed by atoms with Crippen molar-refractivity contribution in [1.29, 1.82) is 0 Å². The molecular weight excluding hydrogens is 300 g/mol. The Balaban J connectivity index is 2.27. The molecule has 0 saturated carbocycles. The average molecular weight is 319 g/mol. The Morgan fingerprint density at radius 3 is 2.32 bits per heavy atom. The van der Waals surface area contributed by atoms with Crippen molar-refractivity contribution in [2.45, 2.75) is 33.0 Å².